The molecule has 0 amide bonds. The Labute approximate surface area is 160 Å². The Bertz CT molecular complexity index is 223. The standard InChI is InChI=1S/C13H24O4.2Na/c1-2-3-4-5-6-7-8-11-17-13(16)10-9-12(14)15;;/h2-11H2,1H3,(H,14,15);;/q;2*+1/p-1. The minimum atomic E-state index is -1.21. The fourth-order valence-corrected chi connectivity index (χ4v) is 1.52. The van der Waals surface area contributed by atoms with Crippen LogP contribution in [0.1, 0.15) is 64.7 Å². The number of hydrogen-bond donors (Lipinski definition) is 0. The van der Waals surface area contributed by atoms with Gasteiger partial charge in [0.05, 0.1) is 13.0 Å². The maximum atomic E-state index is 11.0. The van der Waals surface area contributed by atoms with Gasteiger partial charge in [0.1, 0.15) is 0 Å². The number of hydrogen-bond acceptors (Lipinski definition) is 4. The predicted molar refractivity (Wildman–Crippen MR) is 63.2 cm³/mol. The number of carbonyl (C=O) groups is 2. The van der Waals surface area contributed by atoms with Gasteiger partial charge in [-0.2, -0.15) is 0 Å². The molecule has 0 aromatic carbocycles. The van der Waals surface area contributed by atoms with E-state index in [-0.39, 0.29) is 72.0 Å². The van der Waals surface area contributed by atoms with E-state index in [1.54, 1.807) is 0 Å². The Kier molecular flexibility index (Phi) is 24.8. The molecule has 0 aliphatic rings. The van der Waals surface area contributed by atoms with Crippen molar-refractivity contribution >= 4 is 11.9 Å². The molecule has 0 aromatic rings. The van der Waals surface area contributed by atoms with Crippen LogP contribution in [0.5, 0.6) is 0 Å². The number of aliphatic carboxylic acids is 1. The molecule has 0 fully saturated rings. The maximum Gasteiger partial charge on any atom is 1.00 e. The molecular formula is C13H23Na2O4+. The number of rotatable bonds is 11. The molecule has 0 unspecified atom stereocenters. The van der Waals surface area contributed by atoms with Gasteiger partial charge in [-0.1, -0.05) is 45.4 Å². The van der Waals surface area contributed by atoms with E-state index in [9.17, 15) is 14.7 Å². The maximum absolute atomic E-state index is 11.0. The molecule has 0 N–H and O–H groups in total. The van der Waals surface area contributed by atoms with Crippen LogP contribution in [0.2, 0.25) is 0 Å². The Balaban J connectivity index is -0.00000128. The van der Waals surface area contributed by atoms with Crippen LogP contribution in [-0.2, 0) is 14.3 Å². The van der Waals surface area contributed by atoms with Gasteiger partial charge < -0.3 is 14.6 Å². The zero-order chi connectivity index (χ0) is 12.9. The van der Waals surface area contributed by atoms with Crippen molar-refractivity contribution in [1.29, 1.82) is 0 Å². The second kappa shape index (κ2) is 18.9. The SMILES string of the molecule is CCCCCCCCCOC(=O)CCC(=O)[O-].[Na+].[Na+]. The van der Waals surface area contributed by atoms with Crippen molar-refractivity contribution in [3.05, 3.63) is 0 Å². The summed E-state index contributed by atoms with van der Waals surface area (Å²) in [6.07, 6.45) is 7.83. The van der Waals surface area contributed by atoms with Crippen molar-refractivity contribution in [2.75, 3.05) is 6.61 Å². The van der Waals surface area contributed by atoms with Crippen molar-refractivity contribution < 1.29 is 78.5 Å². The quantitative estimate of drug-likeness (QED) is 0.220. The number of esters is 1. The molecule has 0 aromatic heterocycles. The third-order valence-electron chi connectivity index (χ3n) is 2.54. The van der Waals surface area contributed by atoms with Crippen LogP contribution in [0.15, 0.2) is 0 Å². The summed E-state index contributed by atoms with van der Waals surface area (Å²) >= 11 is 0. The number of carboxylic acid groups (broad SMARTS) is 1. The van der Waals surface area contributed by atoms with Crippen molar-refractivity contribution in [1.82, 2.24) is 0 Å². The first-order valence-electron chi connectivity index (χ1n) is 6.52. The summed E-state index contributed by atoms with van der Waals surface area (Å²) < 4.78 is 4.89. The molecule has 0 heterocycles. The molecule has 0 atom stereocenters. The topological polar surface area (TPSA) is 66.4 Å². The zero-order valence-corrected chi connectivity index (χ0v) is 16.7. The zero-order valence-electron chi connectivity index (χ0n) is 12.7. The van der Waals surface area contributed by atoms with E-state index >= 15 is 0 Å². The fourth-order valence-electron chi connectivity index (χ4n) is 1.52. The molecule has 0 saturated carbocycles. The van der Waals surface area contributed by atoms with Crippen LogP contribution in [0.25, 0.3) is 0 Å². The summed E-state index contributed by atoms with van der Waals surface area (Å²) in [4.78, 5) is 21.1. The van der Waals surface area contributed by atoms with Gasteiger partial charge in [0.2, 0.25) is 0 Å². The summed E-state index contributed by atoms with van der Waals surface area (Å²) in [6, 6.07) is 0. The van der Waals surface area contributed by atoms with Crippen molar-refractivity contribution in [2.45, 2.75) is 64.7 Å². The minimum Gasteiger partial charge on any atom is -0.550 e. The van der Waals surface area contributed by atoms with Crippen LogP contribution in [0.4, 0.5) is 0 Å². The molecule has 4 nitrogen and oxygen atoms in total. The second-order valence-corrected chi connectivity index (χ2v) is 4.21. The molecule has 0 rings (SSSR count). The van der Waals surface area contributed by atoms with Gasteiger partial charge in [0, 0.05) is 5.97 Å². The van der Waals surface area contributed by atoms with Crippen molar-refractivity contribution in [3.8, 4) is 0 Å². The molecule has 0 aliphatic heterocycles. The predicted octanol–water partition coefficient (Wildman–Crippen LogP) is -4.18. The van der Waals surface area contributed by atoms with E-state index in [4.69, 9.17) is 4.74 Å². The van der Waals surface area contributed by atoms with Gasteiger partial charge in [0.25, 0.3) is 0 Å². The smallest absolute Gasteiger partial charge is 0.550 e. The summed E-state index contributed by atoms with van der Waals surface area (Å²) in [6.45, 7) is 2.59. The molecule has 19 heavy (non-hydrogen) atoms. The fraction of sp³-hybridized carbons (Fsp3) is 0.846. The van der Waals surface area contributed by atoms with E-state index < -0.39 is 11.9 Å². The Morgan fingerprint density at radius 3 is 1.95 bits per heavy atom. The summed E-state index contributed by atoms with van der Waals surface area (Å²) in [5.41, 5.74) is 0. The van der Waals surface area contributed by atoms with Crippen LogP contribution < -0.4 is 64.2 Å². The van der Waals surface area contributed by atoms with Gasteiger partial charge in [0.15, 0.2) is 0 Å². The molecule has 6 heteroatoms. The van der Waals surface area contributed by atoms with Crippen LogP contribution >= 0.6 is 0 Å². The summed E-state index contributed by atoms with van der Waals surface area (Å²) in [5, 5.41) is 10.1. The van der Waals surface area contributed by atoms with E-state index in [0.29, 0.717) is 6.61 Å². The minimum absolute atomic E-state index is 0. The van der Waals surface area contributed by atoms with Crippen LogP contribution in [0.3, 0.4) is 0 Å². The largest absolute Gasteiger partial charge is 1.00 e. The number of carbonyl (C=O) groups excluding carboxylic acids is 2. The number of unbranched alkanes of at least 4 members (excludes halogenated alkanes) is 6. The van der Waals surface area contributed by atoms with Crippen LogP contribution in [0, 0.1) is 0 Å². The molecule has 0 bridgehead atoms. The molecule has 0 spiro atoms. The molecular weight excluding hydrogens is 266 g/mol. The van der Waals surface area contributed by atoms with Gasteiger partial charge in [-0.3, -0.25) is 4.79 Å². The van der Waals surface area contributed by atoms with Crippen molar-refractivity contribution in [2.24, 2.45) is 0 Å². The molecule has 100 valence electrons. The first kappa shape index (κ1) is 24.9. The normalized spacial score (nSPS) is 9.11. The summed E-state index contributed by atoms with van der Waals surface area (Å²) in [5.74, 6) is -1.65. The Morgan fingerprint density at radius 1 is 0.895 bits per heavy atom. The van der Waals surface area contributed by atoms with Gasteiger partial charge in [-0.25, -0.2) is 0 Å². The average molecular weight is 289 g/mol. The first-order valence-corrected chi connectivity index (χ1v) is 6.52. The number of carboxylic acids is 1. The Morgan fingerprint density at radius 2 is 1.42 bits per heavy atom. The van der Waals surface area contributed by atoms with E-state index in [0.717, 1.165) is 12.8 Å². The monoisotopic (exact) mass is 289 g/mol. The number of ether oxygens (including phenoxy) is 1. The van der Waals surface area contributed by atoms with Gasteiger partial charge in [-0.15, -0.1) is 0 Å². The third-order valence-corrected chi connectivity index (χ3v) is 2.54. The van der Waals surface area contributed by atoms with Gasteiger partial charge >= 0.3 is 65.1 Å². The molecule has 0 saturated heterocycles. The van der Waals surface area contributed by atoms with Crippen LogP contribution in [-0.4, -0.2) is 18.5 Å². The van der Waals surface area contributed by atoms with Gasteiger partial charge in [-0.05, 0) is 12.8 Å². The van der Waals surface area contributed by atoms with E-state index in [1.807, 2.05) is 0 Å². The molecule has 0 radical (unpaired) electrons. The average Bonchev–Trinajstić information content (AvgIpc) is 2.30. The molecule has 0 aliphatic carbocycles. The van der Waals surface area contributed by atoms with E-state index in [1.165, 1.54) is 32.1 Å². The second-order valence-electron chi connectivity index (χ2n) is 4.21. The Hall–Kier alpha value is 0.940. The summed E-state index contributed by atoms with van der Waals surface area (Å²) in [7, 11) is 0. The first-order chi connectivity index (χ1) is 8.16. The van der Waals surface area contributed by atoms with E-state index in [2.05, 4.69) is 6.92 Å². The van der Waals surface area contributed by atoms with Crippen molar-refractivity contribution in [3.63, 3.8) is 0 Å². The third kappa shape index (κ3) is 21.4.